The van der Waals surface area contributed by atoms with Crippen molar-refractivity contribution in [1.29, 1.82) is 0 Å². The first-order chi connectivity index (χ1) is 10.7. The zero-order valence-corrected chi connectivity index (χ0v) is 12.3. The second-order valence-corrected chi connectivity index (χ2v) is 4.92. The van der Waals surface area contributed by atoms with Crippen LogP contribution in [-0.4, -0.2) is 11.6 Å². The van der Waals surface area contributed by atoms with Crippen LogP contribution in [0.2, 0.25) is 0 Å². The lowest BCUT2D eigenvalue weighted by atomic mass is 10.1. The molecule has 0 unspecified atom stereocenters. The highest BCUT2D eigenvalue weighted by molar-refractivity contribution is 5.99. The van der Waals surface area contributed by atoms with E-state index in [9.17, 15) is 9.59 Å². The zero-order valence-electron chi connectivity index (χ0n) is 12.3. The molecule has 0 N–H and O–H groups in total. The summed E-state index contributed by atoms with van der Waals surface area (Å²) in [5, 5.41) is 0. The average Bonchev–Trinajstić information content (AvgIpc) is 2.58. The van der Waals surface area contributed by atoms with Crippen LogP contribution < -0.4 is 0 Å². The maximum Gasteiger partial charge on any atom is 0.156 e. The standard InChI is InChI=1S/C20H18O2/c21-19(13-11-17-7-3-1-4-8-17)15-16-20(22)14-12-18-9-5-2-6-10-18/h1-14H,15-16H2/b13-11+,14-12+. The Kier molecular flexibility index (Phi) is 6.06. The molecule has 0 aliphatic carbocycles. The molecule has 0 amide bonds. The monoisotopic (exact) mass is 290 g/mol. The Balaban J connectivity index is 1.77. The van der Waals surface area contributed by atoms with E-state index in [4.69, 9.17) is 0 Å². The molecule has 0 radical (unpaired) electrons. The third-order valence-electron chi connectivity index (χ3n) is 3.14. The molecule has 0 atom stereocenters. The van der Waals surface area contributed by atoms with Gasteiger partial charge in [0.15, 0.2) is 11.6 Å². The highest BCUT2D eigenvalue weighted by Gasteiger charge is 2.01. The molecular weight excluding hydrogens is 272 g/mol. The summed E-state index contributed by atoms with van der Waals surface area (Å²) >= 11 is 0. The lowest BCUT2D eigenvalue weighted by molar-refractivity contribution is -0.119. The molecule has 0 spiro atoms. The Bertz CT molecular complexity index is 606. The number of hydrogen-bond donors (Lipinski definition) is 0. The zero-order chi connectivity index (χ0) is 15.6. The Hall–Kier alpha value is -2.74. The molecule has 0 heterocycles. The van der Waals surface area contributed by atoms with E-state index >= 15 is 0 Å². The predicted molar refractivity (Wildman–Crippen MR) is 90.2 cm³/mol. The minimum Gasteiger partial charge on any atom is -0.295 e. The SMILES string of the molecule is O=C(/C=C/c1ccccc1)CCC(=O)/C=C/c1ccccc1. The van der Waals surface area contributed by atoms with Crippen LogP contribution in [0.15, 0.2) is 72.8 Å². The molecule has 0 saturated carbocycles. The fourth-order valence-corrected chi connectivity index (χ4v) is 1.92. The van der Waals surface area contributed by atoms with Crippen molar-refractivity contribution < 1.29 is 9.59 Å². The van der Waals surface area contributed by atoms with Gasteiger partial charge in [-0.25, -0.2) is 0 Å². The number of ketones is 2. The Morgan fingerprint density at radius 1 is 0.636 bits per heavy atom. The second-order valence-electron chi connectivity index (χ2n) is 4.92. The van der Waals surface area contributed by atoms with E-state index in [0.717, 1.165) is 11.1 Å². The van der Waals surface area contributed by atoms with E-state index in [0.29, 0.717) is 0 Å². The summed E-state index contributed by atoms with van der Waals surface area (Å²) < 4.78 is 0. The van der Waals surface area contributed by atoms with Gasteiger partial charge in [-0.1, -0.05) is 72.8 Å². The van der Waals surface area contributed by atoms with Gasteiger partial charge in [0.05, 0.1) is 0 Å². The molecular formula is C20H18O2. The van der Waals surface area contributed by atoms with Crippen molar-refractivity contribution >= 4 is 23.7 Å². The summed E-state index contributed by atoms with van der Waals surface area (Å²) in [7, 11) is 0. The summed E-state index contributed by atoms with van der Waals surface area (Å²) in [6.07, 6.45) is 7.08. The van der Waals surface area contributed by atoms with Gasteiger partial charge in [-0.05, 0) is 23.3 Å². The number of rotatable bonds is 7. The van der Waals surface area contributed by atoms with E-state index < -0.39 is 0 Å². The number of carbonyl (C=O) groups excluding carboxylic acids is 2. The Morgan fingerprint density at radius 2 is 1.00 bits per heavy atom. The first-order valence-electron chi connectivity index (χ1n) is 7.26. The van der Waals surface area contributed by atoms with Gasteiger partial charge in [-0.15, -0.1) is 0 Å². The van der Waals surface area contributed by atoms with Gasteiger partial charge in [-0.2, -0.15) is 0 Å². The van der Waals surface area contributed by atoms with Crippen LogP contribution in [0.25, 0.3) is 12.2 Å². The summed E-state index contributed by atoms with van der Waals surface area (Å²) in [5.74, 6) is -0.0735. The maximum absolute atomic E-state index is 11.7. The average molecular weight is 290 g/mol. The van der Waals surface area contributed by atoms with Gasteiger partial charge in [0, 0.05) is 12.8 Å². The highest BCUT2D eigenvalue weighted by Crippen LogP contribution is 2.05. The van der Waals surface area contributed by atoms with Crippen LogP contribution in [0.1, 0.15) is 24.0 Å². The molecule has 0 aromatic heterocycles. The van der Waals surface area contributed by atoms with Gasteiger partial charge in [0.1, 0.15) is 0 Å². The molecule has 2 nitrogen and oxygen atoms in total. The van der Waals surface area contributed by atoms with Gasteiger partial charge in [-0.3, -0.25) is 9.59 Å². The maximum atomic E-state index is 11.7. The van der Waals surface area contributed by atoms with Crippen molar-refractivity contribution in [3.05, 3.63) is 83.9 Å². The molecule has 0 aliphatic heterocycles. The first-order valence-corrected chi connectivity index (χ1v) is 7.26. The minimum absolute atomic E-state index is 0.0367. The predicted octanol–water partition coefficient (Wildman–Crippen LogP) is 4.33. The molecule has 110 valence electrons. The third-order valence-corrected chi connectivity index (χ3v) is 3.14. The van der Waals surface area contributed by atoms with Gasteiger partial charge in [0.2, 0.25) is 0 Å². The van der Waals surface area contributed by atoms with Crippen molar-refractivity contribution in [2.75, 3.05) is 0 Å². The Labute approximate surface area is 130 Å². The largest absolute Gasteiger partial charge is 0.295 e. The number of benzene rings is 2. The molecule has 2 heteroatoms. The van der Waals surface area contributed by atoms with Crippen molar-refractivity contribution in [2.24, 2.45) is 0 Å². The molecule has 0 bridgehead atoms. The molecule has 2 rings (SSSR count). The normalized spacial score (nSPS) is 11.1. The molecule has 2 aromatic carbocycles. The topological polar surface area (TPSA) is 34.1 Å². The number of carbonyl (C=O) groups is 2. The van der Waals surface area contributed by atoms with Gasteiger partial charge >= 0.3 is 0 Å². The molecule has 2 aromatic rings. The summed E-state index contributed by atoms with van der Waals surface area (Å²) in [6, 6.07) is 19.2. The van der Waals surface area contributed by atoms with E-state index in [1.54, 1.807) is 12.2 Å². The Morgan fingerprint density at radius 3 is 1.36 bits per heavy atom. The second kappa shape index (κ2) is 8.53. The van der Waals surface area contributed by atoms with E-state index in [1.165, 1.54) is 12.2 Å². The quantitative estimate of drug-likeness (QED) is 0.711. The van der Waals surface area contributed by atoms with Crippen molar-refractivity contribution in [3.8, 4) is 0 Å². The molecule has 0 saturated heterocycles. The summed E-state index contributed by atoms with van der Waals surface area (Å²) in [5.41, 5.74) is 1.96. The van der Waals surface area contributed by atoms with Crippen LogP contribution in [0.4, 0.5) is 0 Å². The van der Waals surface area contributed by atoms with Crippen molar-refractivity contribution in [2.45, 2.75) is 12.8 Å². The van der Waals surface area contributed by atoms with Crippen LogP contribution in [0, 0.1) is 0 Å². The summed E-state index contributed by atoms with van der Waals surface area (Å²) in [6.45, 7) is 0. The van der Waals surface area contributed by atoms with Gasteiger partial charge in [0.25, 0.3) is 0 Å². The van der Waals surface area contributed by atoms with Crippen molar-refractivity contribution in [3.63, 3.8) is 0 Å². The molecule has 0 fully saturated rings. The molecule has 0 aliphatic rings. The lowest BCUT2D eigenvalue weighted by Crippen LogP contribution is -1.99. The van der Waals surface area contributed by atoms with Crippen LogP contribution >= 0.6 is 0 Å². The minimum atomic E-state index is -0.0367. The van der Waals surface area contributed by atoms with E-state index in [2.05, 4.69) is 0 Å². The van der Waals surface area contributed by atoms with Crippen LogP contribution in [0.5, 0.6) is 0 Å². The number of allylic oxidation sites excluding steroid dienone is 2. The van der Waals surface area contributed by atoms with E-state index in [1.807, 2.05) is 60.7 Å². The van der Waals surface area contributed by atoms with E-state index in [-0.39, 0.29) is 24.4 Å². The van der Waals surface area contributed by atoms with Crippen LogP contribution in [-0.2, 0) is 9.59 Å². The lowest BCUT2D eigenvalue weighted by Gasteiger charge is -1.95. The van der Waals surface area contributed by atoms with Gasteiger partial charge < -0.3 is 0 Å². The van der Waals surface area contributed by atoms with Crippen LogP contribution in [0.3, 0.4) is 0 Å². The first kappa shape index (κ1) is 15.6. The third kappa shape index (κ3) is 5.71. The number of hydrogen-bond acceptors (Lipinski definition) is 2. The summed E-state index contributed by atoms with van der Waals surface area (Å²) in [4.78, 5) is 23.5. The van der Waals surface area contributed by atoms with Crippen molar-refractivity contribution in [1.82, 2.24) is 0 Å². The highest BCUT2D eigenvalue weighted by atomic mass is 16.1. The fourth-order valence-electron chi connectivity index (χ4n) is 1.92. The smallest absolute Gasteiger partial charge is 0.156 e. The molecule has 22 heavy (non-hydrogen) atoms. The fraction of sp³-hybridized carbons (Fsp3) is 0.100.